The molecular weight excluding hydrogens is 238 g/mol. The Morgan fingerprint density at radius 2 is 2.22 bits per heavy atom. The van der Waals surface area contributed by atoms with Crippen molar-refractivity contribution >= 4 is 11.6 Å². The summed E-state index contributed by atoms with van der Waals surface area (Å²) >= 11 is 0. The first kappa shape index (κ1) is 14.2. The fourth-order valence-corrected chi connectivity index (χ4v) is 1.54. The summed E-state index contributed by atoms with van der Waals surface area (Å²) in [6.45, 7) is 3.57. The molecule has 0 fully saturated rings. The van der Waals surface area contributed by atoms with Gasteiger partial charge in [-0.25, -0.2) is 0 Å². The first-order chi connectivity index (χ1) is 8.36. The van der Waals surface area contributed by atoms with Gasteiger partial charge in [0.25, 0.3) is 11.6 Å². The van der Waals surface area contributed by atoms with Crippen LogP contribution < -0.4 is 5.32 Å². The summed E-state index contributed by atoms with van der Waals surface area (Å²) in [4.78, 5) is 22.0. The summed E-state index contributed by atoms with van der Waals surface area (Å²) in [5.74, 6) is -0.354. The molecule has 0 spiro atoms. The van der Waals surface area contributed by atoms with Crippen LogP contribution in [-0.4, -0.2) is 33.2 Å². The third-order valence-corrected chi connectivity index (χ3v) is 2.75. The predicted octanol–water partition coefficient (Wildman–Crippen LogP) is 0.680. The first-order valence-electron chi connectivity index (χ1n) is 5.59. The molecule has 0 aliphatic carbocycles. The van der Waals surface area contributed by atoms with Gasteiger partial charge in [-0.3, -0.25) is 14.9 Å². The summed E-state index contributed by atoms with van der Waals surface area (Å²) in [6.07, 6.45) is 1.28. The molecule has 0 saturated carbocycles. The number of nitrogens with zero attached hydrogens (tertiary/aromatic N) is 2. The number of aliphatic hydroxyl groups is 1. The van der Waals surface area contributed by atoms with Crippen molar-refractivity contribution < 1.29 is 14.8 Å². The average molecular weight is 255 g/mol. The standard InChI is InChI=1S/C11H17N3O4/c1-7(2)9(6-15)12-11(16)10-4-8(14(17)18)5-13(10)3/h4-5,7,9,15H,6H2,1-3H3,(H,12,16). The van der Waals surface area contributed by atoms with E-state index in [1.54, 1.807) is 7.05 Å². The Labute approximate surface area is 105 Å². The van der Waals surface area contributed by atoms with Crippen molar-refractivity contribution in [3.8, 4) is 0 Å². The molecule has 7 nitrogen and oxygen atoms in total. The van der Waals surface area contributed by atoms with E-state index in [-0.39, 0.29) is 29.9 Å². The highest BCUT2D eigenvalue weighted by molar-refractivity contribution is 5.93. The number of hydrogen-bond acceptors (Lipinski definition) is 4. The zero-order valence-corrected chi connectivity index (χ0v) is 10.6. The van der Waals surface area contributed by atoms with E-state index in [0.717, 1.165) is 0 Å². The van der Waals surface area contributed by atoms with Gasteiger partial charge in [0, 0.05) is 13.1 Å². The molecule has 0 aromatic carbocycles. The Hall–Kier alpha value is -1.89. The molecule has 0 bridgehead atoms. The maximum Gasteiger partial charge on any atom is 0.287 e. The highest BCUT2D eigenvalue weighted by Crippen LogP contribution is 2.15. The Morgan fingerprint density at radius 3 is 2.61 bits per heavy atom. The molecule has 1 rings (SSSR count). The number of carbonyl (C=O) groups excluding carboxylic acids is 1. The van der Waals surface area contributed by atoms with E-state index >= 15 is 0 Å². The fraction of sp³-hybridized carbons (Fsp3) is 0.545. The molecular formula is C11H17N3O4. The molecule has 0 aliphatic rings. The van der Waals surface area contributed by atoms with E-state index in [1.807, 2.05) is 13.8 Å². The quantitative estimate of drug-likeness (QED) is 0.597. The third-order valence-electron chi connectivity index (χ3n) is 2.75. The molecule has 1 aromatic rings. The van der Waals surface area contributed by atoms with Gasteiger partial charge in [-0.15, -0.1) is 0 Å². The third kappa shape index (κ3) is 3.07. The minimum atomic E-state index is -0.553. The second kappa shape index (κ2) is 5.63. The van der Waals surface area contributed by atoms with Crippen LogP contribution >= 0.6 is 0 Å². The van der Waals surface area contributed by atoms with Crippen LogP contribution in [0.4, 0.5) is 5.69 Å². The molecule has 100 valence electrons. The van der Waals surface area contributed by atoms with E-state index in [0.29, 0.717) is 0 Å². The SMILES string of the molecule is CC(C)C(CO)NC(=O)c1cc([N+](=O)[O-])cn1C. The molecule has 18 heavy (non-hydrogen) atoms. The minimum absolute atomic E-state index is 0.0780. The highest BCUT2D eigenvalue weighted by Gasteiger charge is 2.21. The molecule has 7 heteroatoms. The lowest BCUT2D eigenvalue weighted by Crippen LogP contribution is -2.41. The van der Waals surface area contributed by atoms with Crippen molar-refractivity contribution in [1.29, 1.82) is 0 Å². The summed E-state index contributed by atoms with van der Waals surface area (Å²) < 4.78 is 1.39. The summed E-state index contributed by atoms with van der Waals surface area (Å²) in [7, 11) is 1.56. The molecule has 1 atom stereocenters. The molecule has 1 heterocycles. The lowest BCUT2D eigenvalue weighted by atomic mass is 10.1. The van der Waals surface area contributed by atoms with Gasteiger partial charge in [0.05, 0.1) is 23.8 Å². The predicted molar refractivity (Wildman–Crippen MR) is 65.2 cm³/mol. The molecule has 0 radical (unpaired) electrons. The zero-order valence-electron chi connectivity index (χ0n) is 10.6. The van der Waals surface area contributed by atoms with Gasteiger partial charge in [-0.1, -0.05) is 13.8 Å². The van der Waals surface area contributed by atoms with E-state index in [4.69, 9.17) is 5.11 Å². The summed E-state index contributed by atoms with van der Waals surface area (Å²) in [6, 6.07) is 0.843. The maximum absolute atomic E-state index is 11.9. The normalized spacial score (nSPS) is 12.5. The molecule has 0 aliphatic heterocycles. The molecule has 1 unspecified atom stereocenters. The number of nitro groups is 1. The molecule has 1 aromatic heterocycles. The fourth-order valence-electron chi connectivity index (χ4n) is 1.54. The highest BCUT2D eigenvalue weighted by atomic mass is 16.6. The average Bonchev–Trinajstić information content (AvgIpc) is 2.67. The number of rotatable bonds is 5. The number of nitrogens with one attached hydrogen (secondary N) is 1. The number of carbonyl (C=O) groups is 1. The van der Waals surface area contributed by atoms with Crippen molar-refractivity contribution in [2.45, 2.75) is 19.9 Å². The summed E-state index contributed by atoms with van der Waals surface area (Å²) in [5.41, 5.74) is 0.0635. The number of aliphatic hydroxyl groups excluding tert-OH is 1. The number of amides is 1. The Balaban J connectivity index is 2.87. The largest absolute Gasteiger partial charge is 0.394 e. The maximum atomic E-state index is 11.9. The zero-order chi connectivity index (χ0) is 13.9. The van der Waals surface area contributed by atoms with Gasteiger partial charge in [-0.2, -0.15) is 0 Å². The second-order valence-electron chi connectivity index (χ2n) is 4.46. The van der Waals surface area contributed by atoms with Gasteiger partial charge >= 0.3 is 0 Å². The van der Waals surface area contributed by atoms with Gasteiger partial charge in [0.15, 0.2) is 0 Å². The van der Waals surface area contributed by atoms with Gasteiger partial charge in [-0.05, 0) is 5.92 Å². The van der Waals surface area contributed by atoms with Crippen LogP contribution in [0, 0.1) is 16.0 Å². The Morgan fingerprint density at radius 1 is 1.61 bits per heavy atom. The van der Waals surface area contributed by atoms with Crippen LogP contribution in [0.5, 0.6) is 0 Å². The van der Waals surface area contributed by atoms with Crippen LogP contribution in [0.25, 0.3) is 0 Å². The topological polar surface area (TPSA) is 97.4 Å². The van der Waals surface area contributed by atoms with Crippen LogP contribution in [0.15, 0.2) is 12.3 Å². The van der Waals surface area contributed by atoms with Gasteiger partial charge in [0.1, 0.15) is 5.69 Å². The Kier molecular flexibility index (Phi) is 4.43. The van der Waals surface area contributed by atoms with Crippen molar-refractivity contribution in [3.05, 3.63) is 28.1 Å². The number of aromatic nitrogens is 1. The van der Waals surface area contributed by atoms with Crippen molar-refractivity contribution in [2.75, 3.05) is 6.61 Å². The number of hydrogen-bond donors (Lipinski definition) is 2. The minimum Gasteiger partial charge on any atom is -0.394 e. The summed E-state index contributed by atoms with van der Waals surface area (Å²) in [5, 5.41) is 22.4. The van der Waals surface area contributed by atoms with Gasteiger partial charge in [0.2, 0.25) is 0 Å². The van der Waals surface area contributed by atoms with Crippen molar-refractivity contribution in [2.24, 2.45) is 13.0 Å². The van der Waals surface area contributed by atoms with Crippen molar-refractivity contribution in [3.63, 3.8) is 0 Å². The van der Waals surface area contributed by atoms with E-state index in [1.165, 1.54) is 16.8 Å². The molecule has 0 saturated heterocycles. The van der Waals surface area contributed by atoms with E-state index < -0.39 is 10.8 Å². The second-order valence-corrected chi connectivity index (χ2v) is 4.46. The van der Waals surface area contributed by atoms with Crippen LogP contribution in [0.1, 0.15) is 24.3 Å². The first-order valence-corrected chi connectivity index (χ1v) is 5.59. The number of aryl methyl sites for hydroxylation is 1. The lowest BCUT2D eigenvalue weighted by molar-refractivity contribution is -0.384. The van der Waals surface area contributed by atoms with E-state index in [2.05, 4.69) is 5.32 Å². The van der Waals surface area contributed by atoms with Crippen LogP contribution in [0.2, 0.25) is 0 Å². The van der Waals surface area contributed by atoms with E-state index in [9.17, 15) is 14.9 Å². The van der Waals surface area contributed by atoms with Crippen molar-refractivity contribution in [1.82, 2.24) is 9.88 Å². The van der Waals surface area contributed by atoms with Crippen LogP contribution in [-0.2, 0) is 7.05 Å². The molecule has 2 N–H and O–H groups in total. The molecule has 1 amide bonds. The lowest BCUT2D eigenvalue weighted by Gasteiger charge is -2.19. The Bertz CT molecular complexity index is 453. The van der Waals surface area contributed by atoms with Gasteiger partial charge < -0.3 is 15.0 Å². The smallest absolute Gasteiger partial charge is 0.287 e. The van der Waals surface area contributed by atoms with Crippen LogP contribution in [0.3, 0.4) is 0 Å². The monoisotopic (exact) mass is 255 g/mol.